The molecule has 0 fully saturated rings. The van der Waals surface area contributed by atoms with Gasteiger partial charge in [-0.25, -0.2) is 8.78 Å². The molecule has 0 aliphatic heterocycles. The molecular formula is C12H15F2NO2S. The molecule has 6 heteroatoms. The number of ether oxygens (including phenoxy) is 1. The first kappa shape index (κ1) is 14.9. The Kier molecular flexibility index (Phi) is 6.07. The summed E-state index contributed by atoms with van der Waals surface area (Å²) in [5.41, 5.74) is 6.25. The molecule has 1 atom stereocenters. The Hall–Kier alpha value is -1.14. The van der Waals surface area contributed by atoms with E-state index in [9.17, 15) is 13.6 Å². The van der Waals surface area contributed by atoms with Crippen LogP contribution in [0.3, 0.4) is 0 Å². The van der Waals surface area contributed by atoms with Crippen LogP contribution in [0.25, 0.3) is 0 Å². The molecule has 100 valence electrons. The van der Waals surface area contributed by atoms with E-state index in [1.165, 1.54) is 31.0 Å². The third-order valence-electron chi connectivity index (χ3n) is 2.33. The third-order valence-corrected chi connectivity index (χ3v) is 3.39. The van der Waals surface area contributed by atoms with Crippen LogP contribution in [-0.4, -0.2) is 24.9 Å². The highest BCUT2D eigenvalue weighted by molar-refractivity contribution is 7.98. The molecule has 1 aromatic rings. The molecule has 0 spiro atoms. The lowest BCUT2D eigenvalue weighted by molar-refractivity contribution is -0.142. The summed E-state index contributed by atoms with van der Waals surface area (Å²) in [5, 5.41) is 0. The molecule has 1 rings (SSSR count). The maximum atomic E-state index is 12.9. The Labute approximate surface area is 109 Å². The van der Waals surface area contributed by atoms with Gasteiger partial charge in [-0.05, 0) is 29.9 Å². The summed E-state index contributed by atoms with van der Waals surface area (Å²) in [6.07, 6.45) is 0.487. The van der Waals surface area contributed by atoms with Crippen molar-refractivity contribution < 1.29 is 18.3 Å². The second-order valence-electron chi connectivity index (χ2n) is 3.72. The van der Waals surface area contributed by atoms with E-state index in [0.29, 0.717) is 23.5 Å². The highest BCUT2D eigenvalue weighted by Gasteiger charge is 2.12. The lowest BCUT2D eigenvalue weighted by Crippen LogP contribution is -2.31. The van der Waals surface area contributed by atoms with E-state index in [-0.39, 0.29) is 0 Å². The summed E-state index contributed by atoms with van der Waals surface area (Å²) in [7, 11) is 1.29. The standard InChI is InChI=1S/C12H15F2NO2S/c1-17-12(16)11(15)4-5-18-7-8-2-3-9(13)10(14)6-8/h2-3,6,11H,4-5,7,15H2,1H3. The first-order chi connectivity index (χ1) is 8.54. The maximum absolute atomic E-state index is 12.9. The second-order valence-corrected chi connectivity index (χ2v) is 4.82. The molecule has 0 heterocycles. The van der Waals surface area contributed by atoms with Gasteiger partial charge in [-0.15, -0.1) is 0 Å². The smallest absolute Gasteiger partial charge is 0.322 e. The highest BCUT2D eigenvalue weighted by Crippen LogP contribution is 2.16. The van der Waals surface area contributed by atoms with Gasteiger partial charge in [0.1, 0.15) is 6.04 Å². The lowest BCUT2D eigenvalue weighted by atomic mass is 10.2. The van der Waals surface area contributed by atoms with Crippen molar-refractivity contribution >= 4 is 17.7 Å². The van der Waals surface area contributed by atoms with Crippen molar-refractivity contribution in [3.63, 3.8) is 0 Å². The average Bonchev–Trinajstić information content (AvgIpc) is 2.37. The molecule has 0 aliphatic rings. The number of hydrogen-bond donors (Lipinski definition) is 1. The maximum Gasteiger partial charge on any atom is 0.322 e. The van der Waals surface area contributed by atoms with Gasteiger partial charge in [-0.2, -0.15) is 11.8 Å². The van der Waals surface area contributed by atoms with Crippen LogP contribution in [0.15, 0.2) is 18.2 Å². The molecule has 2 N–H and O–H groups in total. The molecule has 0 radical (unpaired) electrons. The van der Waals surface area contributed by atoms with Crippen LogP contribution in [0.5, 0.6) is 0 Å². The van der Waals surface area contributed by atoms with Gasteiger partial charge in [0.15, 0.2) is 11.6 Å². The number of methoxy groups -OCH3 is 1. The zero-order valence-corrected chi connectivity index (χ0v) is 10.8. The Morgan fingerprint density at radius 1 is 1.44 bits per heavy atom. The zero-order chi connectivity index (χ0) is 13.5. The molecule has 0 amide bonds. The quantitative estimate of drug-likeness (QED) is 0.638. The Morgan fingerprint density at radius 3 is 2.78 bits per heavy atom. The molecule has 1 unspecified atom stereocenters. The van der Waals surface area contributed by atoms with E-state index < -0.39 is 23.6 Å². The van der Waals surface area contributed by atoms with Crippen LogP contribution < -0.4 is 5.73 Å². The second kappa shape index (κ2) is 7.33. The fourth-order valence-corrected chi connectivity index (χ4v) is 2.28. The number of nitrogens with two attached hydrogens (primary N) is 1. The monoisotopic (exact) mass is 275 g/mol. The summed E-state index contributed by atoms with van der Waals surface area (Å²) in [6.45, 7) is 0. The van der Waals surface area contributed by atoms with Gasteiger partial charge in [-0.1, -0.05) is 6.07 Å². The fourth-order valence-electron chi connectivity index (χ4n) is 1.30. The molecule has 1 aromatic carbocycles. The lowest BCUT2D eigenvalue weighted by Gasteiger charge is -2.08. The van der Waals surface area contributed by atoms with Gasteiger partial charge in [0.2, 0.25) is 0 Å². The van der Waals surface area contributed by atoms with Crippen molar-refractivity contribution in [2.45, 2.75) is 18.2 Å². The van der Waals surface area contributed by atoms with Crippen LogP contribution in [0.4, 0.5) is 8.78 Å². The van der Waals surface area contributed by atoms with Crippen LogP contribution in [0.1, 0.15) is 12.0 Å². The number of rotatable bonds is 6. The minimum Gasteiger partial charge on any atom is -0.468 e. The zero-order valence-electron chi connectivity index (χ0n) is 9.99. The molecule has 0 aliphatic carbocycles. The largest absolute Gasteiger partial charge is 0.468 e. The minimum absolute atomic E-state index is 0.441. The van der Waals surface area contributed by atoms with E-state index in [0.717, 1.165) is 6.07 Å². The van der Waals surface area contributed by atoms with Crippen molar-refractivity contribution in [1.29, 1.82) is 0 Å². The summed E-state index contributed by atoms with van der Waals surface area (Å²) in [4.78, 5) is 11.0. The van der Waals surface area contributed by atoms with E-state index in [1.54, 1.807) is 0 Å². The minimum atomic E-state index is -0.850. The molecule has 0 saturated heterocycles. The van der Waals surface area contributed by atoms with Gasteiger partial charge in [-0.3, -0.25) is 4.79 Å². The number of thioether (sulfide) groups is 1. The molecule has 0 bridgehead atoms. The summed E-state index contributed by atoms with van der Waals surface area (Å²) in [5.74, 6) is -0.945. The SMILES string of the molecule is COC(=O)C(N)CCSCc1ccc(F)c(F)c1. The van der Waals surface area contributed by atoms with Crippen LogP contribution in [0.2, 0.25) is 0 Å². The third kappa shape index (κ3) is 4.62. The molecular weight excluding hydrogens is 260 g/mol. The van der Waals surface area contributed by atoms with E-state index in [4.69, 9.17) is 5.73 Å². The predicted molar refractivity (Wildman–Crippen MR) is 67.1 cm³/mol. The summed E-state index contributed by atoms with van der Waals surface area (Å²) >= 11 is 1.50. The summed E-state index contributed by atoms with van der Waals surface area (Å²) in [6, 6.07) is 3.17. The van der Waals surface area contributed by atoms with Crippen molar-refractivity contribution in [3.8, 4) is 0 Å². The first-order valence-corrected chi connectivity index (χ1v) is 6.55. The van der Waals surface area contributed by atoms with Crippen LogP contribution >= 0.6 is 11.8 Å². The van der Waals surface area contributed by atoms with Crippen LogP contribution in [0, 0.1) is 11.6 Å². The van der Waals surface area contributed by atoms with E-state index >= 15 is 0 Å². The Bertz CT molecular complexity index is 415. The number of esters is 1. The predicted octanol–water partition coefficient (Wildman–Crippen LogP) is 2.09. The van der Waals surface area contributed by atoms with Gasteiger partial charge in [0.05, 0.1) is 7.11 Å². The topological polar surface area (TPSA) is 52.3 Å². The van der Waals surface area contributed by atoms with Crippen molar-refractivity contribution in [2.75, 3.05) is 12.9 Å². The van der Waals surface area contributed by atoms with Crippen molar-refractivity contribution in [2.24, 2.45) is 5.73 Å². The van der Waals surface area contributed by atoms with Gasteiger partial charge < -0.3 is 10.5 Å². The van der Waals surface area contributed by atoms with E-state index in [2.05, 4.69) is 4.74 Å². The number of carbonyl (C=O) groups excluding carboxylic acids is 1. The number of halogens is 2. The number of hydrogen-bond acceptors (Lipinski definition) is 4. The molecule has 0 saturated carbocycles. The summed E-state index contributed by atoms with van der Waals surface area (Å²) < 4.78 is 30.1. The van der Waals surface area contributed by atoms with Gasteiger partial charge in [0, 0.05) is 5.75 Å². The highest BCUT2D eigenvalue weighted by atomic mass is 32.2. The first-order valence-electron chi connectivity index (χ1n) is 5.39. The molecule has 3 nitrogen and oxygen atoms in total. The Balaban J connectivity index is 2.29. The molecule has 18 heavy (non-hydrogen) atoms. The number of carbonyl (C=O) groups is 1. The normalized spacial score (nSPS) is 12.2. The van der Waals surface area contributed by atoms with Gasteiger partial charge >= 0.3 is 5.97 Å². The molecule has 0 aromatic heterocycles. The Morgan fingerprint density at radius 2 is 2.17 bits per heavy atom. The number of benzene rings is 1. The fraction of sp³-hybridized carbons (Fsp3) is 0.417. The van der Waals surface area contributed by atoms with Gasteiger partial charge in [0.25, 0.3) is 0 Å². The average molecular weight is 275 g/mol. The van der Waals surface area contributed by atoms with E-state index in [1.807, 2.05) is 0 Å². The van der Waals surface area contributed by atoms with Crippen molar-refractivity contribution in [1.82, 2.24) is 0 Å². The van der Waals surface area contributed by atoms with Crippen molar-refractivity contribution in [3.05, 3.63) is 35.4 Å². The van der Waals surface area contributed by atoms with Crippen LogP contribution in [-0.2, 0) is 15.3 Å².